The zero-order chi connectivity index (χ0) is 16.4. The van der Waals surface area contributed by atoms with Gasteiger partial charge in [0.15, 0.2) is 0 Å². The number of benzene rings is 1. The van der Waals surface area contributed by atoms with E-state index in [-0.39, 0.29) is 11.8 Å². The standard InChI is InChI=1S/C19H25NO3/c1-13-8-17(19(22)23)12-20(11-13)18(21)10-14-6-7-15-4-2-3-5-16(15)9-14/h2-5,13-14,17H,6-12H2,1H3,(H,22,23). The van der Waals surface area contributed by atoms with Crippen LogP contribution in [0.15, 0.2) is 24.3 Å². The van der Waals surface area contributed by atoms with Crippen molar-refractivity contribution in [1.82, 2.24) is 4.90 Å². The molecule has 0 aromatic heterocycles. The van der Waals surface area contributed by atoms with E-state index in [1.165, 1.54) is 11.1 Å². The third kappa shape index (κ3) is 3.74. The van der Waals surface area contributed by atoms with Gasteiger partial charge in [0, 0.05) is 19.5 Å². The predicted molar refractivity (Wildman–Crippen MR) is 88.1 cm³/mol. The maximum Gasteiger partial charge on any atom is 0.308 e. The van der Waals surface area contributed by atoms with E-state index < -0.39 is 11.9 Å². The van der Waals surface area contributed by atoms with E-state index in [9.17, 15) is 14.7 Å². The van der Waals surface area contributed by atoms with Crippen LogP contribution < -0.4 is 0 Å². The summed E-state index contributed by atoms with van der Waals surface area (Å²) in [5, 5.41) is 9.25. The average molecular weight is 315 g/mol. The van der Waals surface area contributed by atoms with Crippen LogP contribution in [0, 0.1) is 17.8 Å². The SMILES string of the molecule is CC1CC(C(=O)O)CN(C(=O)CC2CCc3ccccc3C2)C1. The van der Waals surface area contributed by atoms with Gasteiger partial charge in [-0.15, -0.1) is 0 Å². The molecule has 124 valence electrons. The van der Waals surface area contributed by atoms with Crippen LogP contribution >= 0.6 is 0 Å². The molecule has 2 aliphatic rings. The first-order chi connectivity index (χ1) is 11.0. The summed E-state index contributed by atoms with van der Waals surface area (Å²) in [6.07, 6.45) is 4.29. The smallest absolute Gasteiger partial charge is 0.308 e. The molecule has 4 nitrogen and oxygen atoms in total. The lowest BCUT2D eigenvalue weighted by Crippen LogP contribution is -2.46. The molecule has 4 heteroatoms. The molecule has 1 saturated heterocycles. The number of carbonyl (C=O) groups is 2. The molecular formula is C19H25NO3. The summed E-state index contributed by atoms with van der Waals surface area (Å²) < 4.78 is 0. The minimum Gasteiger partial charge on any atom is -0.481 e. The predicted octanol–water partition coefficient (Wildman–Crippen LogP) is 2.75. The van der Waals surface area contributed by atoms with Crippen molar-refractivity contribution in [3.05, 3.63) is 35.4 Å². The summed E-state index contributed by atoms with van der Waals surface area (Å²) >= 11 is 0. The fourth-order valence-electron chi connectivity index (χ4n) is 4.06. The lowest BCUT2D eigenvalue weighted by molar-refractivity contribution is -0.147. The van der Waals surface area contributed by atoms with Crippen LogP contribution in [0.25, 0.3) is 0 Å². The summed E-state index contributed by atoms with van der Waals surface area (Å²) in [5.41, 5.74) is 2.78. The van der Waals surface area contributed by atoms with E-state index in [0.29, 0.717) is 31.8 Å². The highest BCUT2D eigenvalue weighted by atomic mass is 16.4. The quantitative estimate of drug-likeness (QED) is 0.933. The van der Waals surface area contributed by atoms with Crippen molar-refractivity contribution in [2.75, 3.05) is 13.1 Å². The van der Waals surface area contributed by atoms with Crippen molar-refractivity contribution in [3.8, 4) is 0 Å². The number of piperidine rings is 1. The monoisotopic (exact) mass is 315 g/mol. The van der Waals surface area contributed by atoms with Crippen LogP contribution in [0.2, 0.25) is 0 Å². The molecule has 1 aromatic rings. The largest absolute Gasteiger partial charge is 0.481 e. The fraction of sp³-hybridized carbons (Fsp3) is 0.579. The second-order valence-corrected chi connectivity index (χ2v) is 7.26. The number of aliphatic carboxylic acids is 1. The number of hydrogen-bond acceptors (Lipinski definition) is 2. The molecule has 1 aromatic carbocycles. The molecule has 1 fully saturated rings. The Morgan fingerprint density at radius 2 is 1.96 bits per heavy atom. The summed E-state index contributed by atoms with van der Waals surface area (Å²) in [6.45, 7) is 3.11. The second kappa shape index (κ2) is 6.73. The summed E-state index contributed by atoms with van der Waals surface area (Å²) in [5.74, 6) is -0.401. The summed E-state index contributed by atoms with van der Waals surface area (Å²) in [7, 11) is 0. The highest BCUT2D eigenvalue weighted by Gasteiger charge is 2.33. The van der Waals surface area contributed by atoms with Crippen LogP contribution in [0.1, 0.15) is 37.3 Å². The summed E-state index contributed by atoms with van der Waals surface area (Å²) in [6, 6.07) is 8.48. The van der Waals surface area contributed by atoms with Crippen molar-refractivity contribution in [2.24, 2.45) is 17.8 Å². The number of nitrogens with zero attached hydrogens (tertiary/aromatic N) is 1. The molecule has 1 N–H and O–H groups in total. The van der Waals surface area contributed by atoms with Crippen LogP contribution in [-0.4, -0.2) is 35.0 Å². The Hall–Kier alpha value is -1.84. The number of rotatable bonds is 3. The minimum absolute atomic E-state index is 0.132. The molecule has 1 heterocycles. The van der Waals surface area contributed by atoms with Gasteiger partial charge in [0.2, 0.25) is 5.91 Å². The lowest BCUT2D eigenvalue weighted by atomic mass is 9.81. The van der Waals surface area contributed by atoms with E-state index in [1.807, 2.05) is 6.92 Å². The van der Waals surface area contributed by atoms with Gasteiger partial charge in [-0.05, 0) is 48.6 Å². The molecule has 1 amide bonds. The first kappa shape index (κ1) is 16.0. The number of fused-ring (bicyclic) bond motifs is 1. The highest BCUT2D eigenvalue weighted by molar-refractivity contribution is 5.78. The van der Waals surface area contributed by atoms with Gasteiger partial charge in [0.25, 0.3) is 0 Å². The Bertz CT molecular complexity index is 598. The molecule has 3 atom stereocenters. The molecule has 23 heavy (non-hydrogen) atoms. The van der Waals surface area contributed by atoms with E-state index in [4.69, 9.17) is 0 Å². The van der Waals surface area contributed by atoms with E-state index >= 15 is 0 Å². The van der Waals surface area contributed by atoms with Gasteiger partial charge in [-0.1, -0.05) is 31.2 Å². The van der Waals surface area contributed by atoms with Crippen molar-refractivity contribution in [3.63, 3.8) is 0 Å². The number of carboxylic acids is 1. The van der Waals surface area contributed by atoms with Gasteiger partial charge in [-0.3, -0.25) is 9.59 Å². The number of likely N-dealkylation sites (tertiary alicyclic amines) is 1. The zero-order valence-electron chi connectivity index (χ0n) is 13.7. The van der Waals surface area contributed by atoms with E-state index in [0.717, 1.165) is 19.3 Å². The Morgan fingerprint density at radius 1 is 1.22 bits per heavy atom. The third-order valence-electron chi connectivity index (χ3n) is 5.27. The summed E-state index contributed by atoms with van der Waals surface area (Å²) in [4.78, 5) is 25.7. The Balaban J connectivity index is 1.60. The van der Waals surface area contributed by atoms with Crippen molar-refractivity contribution < 1.29 is 14.7 Å². The maximum absolute atomic E-state index is 12.6. The Kier molecular flexibility index (Phi) is 4.69. The van der Waals surface area contributed by atoms with E-state index in [2.05, 4.69) is 24.3 Å². The van der Waals surface area contributed by atoms with Gasteiger partial charge in [-0.25, -0.2) is 0 Å². The Labute approximate surface area is 137 Å². The first-order valence-electron chi connectivity index (χ1n) is 8.60. The number of carbonyl (C=O) groups excluding carboxylic acids is 1. The van der Waals surface area contributed by atoms with Gasteiger partial charge < -0.3 is 10.0 Å². The van der Waals surface area contributed by atoms with Crippen molar-refractivity contribution in [2.45, 2.75) is 39.0 Å². The Morgan fingerprint density at radius 3 is 2.70 bits per heavy atom. The number of aryl methyl sites for hydroxylation is 1. The molecule has 0 saturated carbocycles. The molecule has 0 bridgehead atoms. The van der Waals surface area contributed by atoms with Crippen molar-refractivity contribution in [1.29, 1.82) is 0 Å². The molecule has 1 aliphatic heterocycles. The van der Waals surface area contributed by atoms with Crippen molar-refractivity contribution >= 4 is 11.9 Å². The van der Waals surface area contributed by atoms with Gasteiger partial charge >= 0.3 is 5.97 Å². The molecule has 1 aliphatic carbocycles. The molecular weight excluding hydrogens is 290 g/mol. The molecule has 0 radical (unpaired) electrons. The van der Waals surface area contributed by atoms with E-state index in [1.54, 1.807) is 4.90 Å². The highest BCUT2D eigenvalue weighted by Crippen LogP contribution is 2.29. The fourth-order valence-corrected chi connectivity index (χ4v) is 4.06. The van der Waals surface area contributed by atoms with Crippen LogP contribution in [-0.2, 0) is 22.4 Å². The topological polar surface area (TPSA) is 57.6 Å². The maximum atomic E-state index is 12.6. The minimum atomic E-state index is -0.777. The zero-order valence-corrected chi connectivity index (χ0v) is 13.7. The first-order valence-corrected chi connectivity index (χ1v) is 8.60. The molecule has 3 rings (SSSR count). The normalized spacial score (nSPS) is 27.3. The van der Waals surface area contributed by atoms with Crippen LogP contribution in [0.3, 0.4) is 0 Å². The molecule has 0 spiro atoms. The number of carboxylic acid groups (broad SMARTS) is 1. The number of hydrogen-bond donors (Lipinski definition) is 1. The molecule has 3 unspecified atom stereocenters. The van der Waals surface area contributed by atoms with Crippen LogP contribution in [0.5, 0.6) is 0 Å². The van der Waals surface area contributed by atoms with Gasteiger partial charge in [-0.2, -0.15) is 0 Å². The second-order valence-electron chi connectivity index (χ2n) is 7.26. The number of amides is 1. The van der Waals surface area contributed by atoms with Crippen LogP contribution in [0.4, 0.5) is 0 Å². The van der Waals surface area contributed by atoms with Gasteiger partial charge in [0.05, 0.1) is 5.92 Å². The van der Waals surface area contributed by atoms with Gasteiger partial charge in [0.1, 0.15) is 0 Å². The third-order valence-corrected chi connectivity index (χ3v) is 5.27. The average Bonchev–Trinajstić information content (AvgIpc) is 2.54. The lowest BCUT2D eigenvalue weighted by Gasteiger charge is -2.36.